The van der Waals surface area contributed by atoms with Crippen LogP contribution in [0.25, 0.3) is 0 Å². The average Bonchev–Trinajstić information content (AvgIpc) is 2.64. The molecule has 0 spiro atoms. The third-order valence-corrected chi connectivity index (χ3v) is 4.19. The van der Waals surface area contributed by atoms with Gasteiger partial charge in [0.2, 0.25) is 5.91 Å². The van der Waals surface area contributed by atoms with Crippen LogP contribution in [0.2, 0.25) is 0 Å². The zero-order valence-corrected chi connectivity index (χ0v) is 14.8. The van der Waals surface area contributed by atoms with Crippen LogP contribution in [0, 0.1) is 0 Å². The number of hydrogen-bond acceptors (Lipinski definition) is 7. The van der Waals surface area contributed by atoms with Crippen molar-refractivity contribution in [1.29, 1.82) is 0 Å². The number of methoxy groups -OCH3 is 2. The highest BCUT2D eigenvalue weighted by Gasteiger charge is 2.31. The Bertz CT molecular complexity index is 547. The first-order chi connectivity index (χ1) is 12.2. The topological polar surface area (TPSA) is 84.0 Å². The van der Waals surface area contributed by atoms with Gasteiger partial charge in [-0.3, -0.25) is 19.6 Å². The number of hydrogen-bond donors (Lipinski definition) is 1. The maximum absolute atomic E-state index is 12.2. The van der Waals surface area contributed by atoms with E-state index < -0.39 is 6.04 Å². The van der Waals surface area contributed by atoms with Crippen molar-refractivity contribution in [1.82, 2.24) is 20.1 Å². The summed E-state index contributed by atoms with van der Waals surface area (Å²) in [5, 5.41) is 2.82. The van der Waals surface area contributed by atoms with Crippen LogP contribution in [0.1, 0.15) is 11.6 Å². The lowest BCUT2D eigenvalue weighted by atomic mass is 10.1. The van der Waals surface area contributed by atoms with Crippen LogP contribution >= 0.6 is 0 Å². The van der Waals surface area contributed by atoms with Crippen LogP contribution < -0.4 is 5.32 Å². The predicted molar refractivity (Wildman–Crippen MR) is 91.9 cm³/mol. The number of amides is 1. The van der Waals surface area contributed by atoms with Gasteiger partial charge in [0.25, 0.3) is 0 Å². The summed E-state index contributed by atoms with van der Waals surface area (Å²) in [4.78, 5) is 32.4. The highest BCUT2D eigenvalue weighted by molar-refractivity contribution is 5.78. The molecule has 2 heterocycles. The van der Waals surface area contributed by atoms with E-state index >= 15 is 0 Å². The molecule has 1 aromatic heterocycles. The summed E-state index contributed by atoms with van der Waals surface area (Å²) in [7, 11) is 3.00. The van der Waals surface area contributed by atoms with Crippen LogP contribution in [0.15, 0.2) is 24.5 Å². The van der Waals surface area contributed by atoms with Gasteiger partial charge in [-0.15, -0.1) is 0 Å². The number of ether oxygens (including phenoxy) is 2. The fraction of sp³-hybridized carbons (Fsp3) is 0.588. The van der Waals surface area contributed by atoms with Gasteiger partial charge in [-0.1, -0.05) is 6.07 Å². The van der Waals surface area contributed by atoms with Crippen molar-refractivity contribution in [2.24, 2.45) is 0 Å². The van der Waals surface area contributed by atoms with Gasteiger partial charge < -0.3 is 14.8 Å². The maximum Gasteiger partial charge on any atom is 0.327 e. The number of carbonyl (C=O) groups excluding carboxylic acids is 2. The summed E-state index contributed by atoms with van der Waals surface area (Å²) in [5.74, 6) is -0.305. The molecule has 0 aliphatic carbocycles. The van der Waals surface area contributed by atoms with E-state index in [1.54, 1.807) is 19.5 Å². The molecule has 1 fully saturated rings. The molecule has 8 heteroatoms. The second kappa shape index (κ2) is 10.1. The lowest BCUT2D eigenvalue weighted by Gasteiger charge is -2.37. The molecule has 1 saturated heterocycles. The molecule has 0 unspecified atom stereocenters. The first kappa shape index (κ1) is 19.3. The Morgan fingerprint density at radius 3 is 2.64 bits per heavy atom. The molecule has 0 saturated carbocycles. The largest absolute Gasteiger partial charge is 0.468 e. The van der Waals surface area contributed by atoms with Gasteiger partial charge in [0.15, 0.2) is 0 Å². The quantitative estimate of drug-likeness (QED) is 0.508. The first-order valence-corrected chi connectivity index (χ1v) is 8.35. The van der Waals surface area contributed by atoms with Gasteiger partial charge in [0, 0.05) is 52.2 Å². The van der Waals surface area contributed by atoms with Gasteiger partial charge >= 0.3 is 5.97 Å². The molecule has 25 heavy (non-hydrogen) atoms. The van der Waals surface area contributed by atoms with Gasteiger partial charge in [0.1, 0.15) is 6.04 Å². The third kappa shape index (κ3) is 5.77. The van der Waals surface area contributed by atoms with Crippen LogP contribution in [0.5, 0.6) is 0 Å². The average molecular weight is 350 g/mol. The summed E-state index contributed by atoms with van der Waals surface area (Å²) >= 11 is 0. The Labute approximate surface area is 148 Å². The SMILES string of the molecule is COCCNC(=O)CN1CCN([C@@H](C(=O)OC)c2cccnc2)CC1. The Hall–Kier alpha value is -2.03. The van der Waals surface area contributed by atoms with E-state index in [0.717, 1.165) is 5.56 Å². The summed E-state index contributed by atoms with van der Waals surface area (Å²) in [5.41, 5.74) is 0.820. The fourth-order valence-corrected chi connectivity index (χ4v) is 2.88. The molecule has 1 N–H and O–H groups in total. The Morgan fingerprint density at radius 1 is 1.28 bits per heavy atom. The normalized spacial score (nSPS) is 17.0. The Morgan fingerprint density at radius 2 is 2.04 bits per heavy atom. The van der Waals surface area contributed by atoms with Crippen LogP contribution in [0.4, 0.5) is 0 Å². The van der Waals surface area contributed by atoms with E-state index in [0.29, 0.717) is 45.9 Å². The number of esters is 1. The second-order valence-electron chi connectivity index (χ2n) is 5.87. The predicted octanol–water partition coefficient (Wildman–Crippen LogP) is -0.324. The van der Waals surface area contributed by atoms with Crippen molar-refractivity contribution in [3.05, 3.63) is 30.1 Å². The number of rotatable bonds is 8. The number of piperazine rings is 1. The second-order valence-corrected chi connectivity index (χ2v) is 5.87. The van der Waals surface area contributed by atoms with E-state index in [1.807, 2.05) is 12.1 Å². The van der Waals surface area contributed by atoms with E-state index in [2.05, 4.69) is 20.1 Å². The zero-order chi connectivity index (χ0) is 18.1. The molecular formula is C17H26N4O4. The first-order valence-electron chi connectivity index (χ1n) is 8.35. The number of aromatic nitrogens is 1. The minimum atomic E-state index is -0.462. The molecule has 1 aliphatic rings. The minimum absolute atomic E-state index is 0.0118. The molecule has 1 atom stereocenters. The molecule has 1 aromatic rings. The van der Waals surface area contributed by atoms with E-state index in [4.69, 9.17) is 9.47 Å². The van der Waals surface area contributed by atoms with E-state index in [1.165, 1.54) is 7.11 Å². The van der Waals surface area contributed by atoms with Gasteiger partial charge in [-0.05, 0) is 11.6 Å². The van der Waals surface area contributed by atoms with Crippen molar-refractivity contribution in [2.75, 3.05) is 60.1 Å². The third-order valence-electron chi connectivity index (χ3n) is 4.19. The van der Waals surface area contributed by atoms with Crippen LogP contribution in [0.3, 0.4) is 0 Å². The lowest BCUT2D eigenvalue weighted by Crippen LogP contribution is -2.51. The summed E-state index contributed by atoms with van der Waals surface area (Å²) in [6, 6.07) is 3.23. The monoisotopic (exact) mass is 350 g/mol. The number of nitrogens with zero attached hydrogens (tertiary/aromatic N) is 3. The minimum Gasteiger partial charge on any atom is -0.468 e. The summed E-state index contributed by atoms with van der Waals surface area (Å²) in [6.07, 6.45) is 3.37. The van der Waals surface area contributed by atoms with Crippen LogP contribution in [-0.2, 0) is 19.1 Å². The standard InChI is InChI=1S/C17H26N4O4/c1-24-11-6-19-15(22)13-20-7-9-21(10-8-20)16(17(23)25-2)14-4-3-5-18-12-14/h3-5,12,16H,6-11,13H2,1-2H3,(H,19,22)/t16-/m1/s1. The molecule has 1 aliphatic heterocycles. The Kier molecular flexibility index (Phi) is 7.77. The van der Waals surface area contributed by atoms with Crippen molar-refractivity contribution < 1.29 is 19.1 Å². The molecular weight excluding hydrogens is 324 g/mol. The highest BCUT2D eigenvalue weighted by atomic mass is 16.5. The molecule has 138 valence electrons. The molecule has 0 bridgehead atoms. The van der Waals surface area contributed by atoms with Crippen molar-refractivity contribution in [3.63, 3.8) is 0 Å². The lowest BCUT2D eigenvalue weighted by molar-refractivity contribution is -0.148. The maximum atomic E-state index is 12.2. The van der Waals surface area contributed by atoms with Gasteiger partial charge in [-0.25, -0.2) is 4.79 Å². The van der Waals surface area contributed by atoms with Crippen molar-refractivity contribution >= 4 is 11.9 Å². The molecule has 8 nitrogen and oxygen atoms in total. The number of carbonyl (C=O) groups is 2. The Balaban J connectivity index is 1.88. The van der Waals surface area contributed by atoms with Gasteiger partial charge in [0.05, 0.1) is 20.3 Å². The molecule has 1 amide bonds. The van der Waals surface area contributed by atoms with Gasteiger partial charge in [-0.2, -0.15) is 0 Å². The molecule has 2 rings (SSSR count). The van der Waals surface area contributed by atoms with Crippen molar-refractivity contribution in [2.45, 2.75) is 6.04 Å². The smallest absolute Gasteiger partial charge is 0.327 e. The highest BCUT2D eigenvalue weighted by Crippen LogP contribution is 2.22. The van der Waals surface area contributed by atoms with E-state index in [-0.39, 0.29) is 11.9 Å². The fourth-order valence-electron chi connectivity index (χ4n) is 2.88. The molecule has 0 radical (unpaired) electrons. The van der Waals surface area contributed by atoms with E-state index in [9.17, 15) is 9.59 Å². The van der Waals surface area contributed by atoms with Crippen molar-refractivity contribution in [3.8, 4) is 0 Å². The van der Waals surface area contributed by atoms with Crippen LogP contribution in [-0.4, -0.2) is 86.8 Å². The summed E-state index contributed by atoms with van der Waals surface area (Å²) in [6.45, 7) is 4.16. The summed E-state index contributed by atoms with van der Waals surface area (Å²) < 4.78 is 9.88. The number of nitrogens with one attached hydrogen (secondary N) is 1. The molecule has 0 aromatic carbocycles. The zero-order valence-electron chi connectivity index (χ0n) is 14.8. The number of pyridine rings is 1.